The Morgan fingerprint density at radius 3 is 1.80 bits per heavy atom. The molecule has 2 nitrogen and oxygen atoms in total. The normalized spacial score (nSPS) is 12.0. The molecular weight excluding hydrogens is 188 g/mol. The van der Waals surface area contributed by atoms with Crippen molar-refractivity contribution in [2.24, 2.45) is 5.41 Å². The summed E-state index contributed by atoms with van der Waals surface area (Å²) in [5.41, 5.74) is 0.166. The van der Waals surface area contributed by atoms with Gasteiger partial charge in [0.15, 0.2) is 0 Å². The maximum Gasteiger partial charge on any atom is 0.0487 e. The molecule has 0 saturated heterocycles. The highest BCUT2D eigenvalue weighted by molar-refractivity contribution is 4.77. The van der Waals surface area contributed by atoms with Crippen LogP contribution in [-0.2, 0) is 0 Å². The Kier molecular flexibility index (Phi) is 9.12. The second kappa shape index (κ2) is 9.17. The summed E-state index contributed by atoms with van der Waals surface area (Å²) in [5.74, 6) is 0. The molecule has 0 heterocycles. The van der Waals surface area contributed by atoms with Gasteiger partial charge >= 0.3 is 0 Å². The molecule has 0 unspecified atom stereocenters. The molecular formula is C13H28O2. The molecule has 0 aliphatic rings. The van der Waals surface area contributed by atoms with Gasteiger partial charge in [0.2, 0.25) is 0 Å². The first-order chi connectivity index (χ1) is 7.24. The predicted molar refractivity (Wildman–Crippen MR) is 64.9 cm³/mol. The van der Waals surface area contributed by atoms with Crippen molar-refractivity contribution in [2.45, 2.75) is 65.2 Å². The minimum Gasteiger partial charge on any atom is -0.396 e. The molecule has 0 radical (unpaired) electrons. The van der Waals surface area contributed by atoms with Crippen molar-refractivity contribution in [1.29, 1.82) is 0 Å². The van der Waals surface area contributed by atoms with Gasteiger partial charge < -0.3 is 10.2 Å². The van der Waals surface area contributed by atoms with E-state index in [0.29, 0.717) is 13.2 Å². The summed E-state index contributed by atoms with van der Waals surface area (Å²) in [6.45, 7) is 5.00. The van der Waals surface area contributed by atoms with Crippen LogP contribution in [0.15, 0.2) is 0 Å². The molecule has 0 bridgehead atoms. The van der Waals surface area contributed by atoms with Crippen molar-refractivity contribution in [2.75, 3.05) is 13.2 Å². The SMILES string of the molecule is CCCC(CO)(CCC)CCCCCO. The van der Waals surface area contributed by atoms with Gasteiger partial charge in [-0.3, -0.25) is 0 Å². The van der Waals surface area contributed by atoms with Gasteiger partial charge in [-0.1, -0.05) is 39.5 Å². The van der Waals surface area contributed by atoms with E-state index >= 15 is 0 Å². The van der Waals surface area contributed by atoms with E-state index in [1.54, 1.807) is 0 Å². The van der Waals surface area contributed by atoms with Gasteiger partial charge in [-0.2, -0.15) is 0 Å². The van der Waals surface area contributed by atoms with Crippen LogP contribution in [0.3, 0.4) is 0 Å². The van der Waals surface area contributed by atoms with Crippen LogP contribution in [-0.4, -0.2) is 23.4 Å². The Labute approximate surface area is 94.7 Å². The fraction of sp³-hybridized carbons (Fsp3) is 1.00. The highest BCUT2D eigenvalue weighted by Crippen LogP contribution is 2.35. The smallest absolute Gasteiger partial charge is 0.0487 e. The lowest BCUT2D eigenvalue weighted by Crippen LogP contribution is -2.25. The third-order valence-corrected chi connectivity index (χ3v) is 3.26. The van der Waals surface area contributed by atoms with Crippen LogP contribution >= 0.6 is 0 Å². The largest absolute Gasteiger partial charge is 0.396 e. The lowest BCUT2D eigenvalue weighted by Gasteiger charge is -2.31. The lowest BCUT2D eigenvalue weighted by molar-refractivity contribution is 0.0896. The van der Waals surface area contributed by atoms with Gasteiger partial charge in [0, 0.05) is 13.2 Å². The molecule has 0 fully saturated rings. The van der Waals surface area contributed by atoms with Gasteiger partial charge in [-0.05, 0) is 31.1 Å². The third-order valence-electron chi connectivity index (χ3n) is 3.26. The number of aliphatic hydroxyl groups is 2. The molecule has 0 aromatic rings. The Morgan fingerprint density at radius 1 is 0.800 bits per heavy atom. The Balaban J connectivity index is 3.96. The van der Waals surface area contributed by atoms with Crippen molar-refractivity contribution in [3.05, 3.63) is 0 Å². The standard InChI is InChI=1S/C13H28O2/c1-3-8-13(12-15,9-4-2)10-6-5-7-11-14/h14-15H,3-12H2,1-2H3. The second-order valence-corrected chi connectivity index (χ2v) is 4.69. The zero-order valence-corrected chi connectivity index (χ0v) is 10.5. The summed E-state index contributed by atoms with van der Waals surface area (Å²) in [6, 6.07) is 0. The van der Waals surface area contributed by atoms with Crippen molar-refractivity contribution in [3.8, 4) is 0 Å². The summed E-state index contributed by atoms with van der Waals surface area (Å²) in [7, 11) is 0. The molecule has 0 aromatic carbocycles. The second-order valence-electron chi connectivity index (χ2n) is 4.69. The molecule has 0 rings (SSSR count). The van der Waals surface area contributed by atoms with Gasteiger partial charge in [-0.15, -0.1) is 0 Å². The zero-order valence-electron chi connectivity index (χ0n) is 10.5. The van der Waals surface area contributed by atoms with Crippen molar-refractivity contribution in [1.82, 2.24) is 0 Å². The van der Waals surface area contributed by atoms with Gasteiger partial charge in [-0.25, -0.2) is 0 Å². The molecule has 0 atom stereocenters. The Morgan fingerprint density at radius 2 is 1.40 bits per heavy atom. The minimum absolute atomic E-state index is 0.166. The highest BCUT2D eigenvalue weighted by Gasteiger charge is 2.26. The molecule has 0 aliphatic carbocycles. The molecule has 0 aliphatic heterocycles. The molecule has 2 heteroatoms. The van der Waals surface area contributed by atoms with Crippen LogP contribution in [0.1, 0.15) is 65.2 Å². The summed E-state index contributed by atoms with van der Waals surface area (Å²) in [6.07, 6.45) is 8.83. The van der Waals surface area contributed by atoms with E-state index in [1.165, 1.54) is 0 Å². The fourth-order valence-electron chi connectivity index (χ4n) is 2.46. The first-order valence-corrected chi connectivity index (χ1v) is 6.46. The van der Waals surface area contributed by atoms with Crippen molar-refractivity contribution < 1.29 is 10.2 Å². The monoisotopic (exact) mass is 216 g/mol. The molecule has 2 N–H and O–H groups in total. The van der Waals surface area contributed by atoms with Crippen LogP contribution in [0.2, 0.25) is 0 Å². The van der Waals surface area contributed by atoms with Gasteiger partial charge in [0.1, 0.15) is 0 Å². The van der Waals surface area contributed by atoms with Crippen LogP contribution in [0.4, 0.5) is 0 Å². The van der Waals surface area contributed by atoms with E-state index in [4.69, 9.17) is 5.11 Å². The average Bonchev–Trinajstić information content (AvgIpc) is 2.25. The summed E-state index contributed by atoms with van der Waals surface area (Å²) in [4.78, 5) is 0. The molecule has 0 aromatic heterocycles. The Bertz CT molecular complexity index is 128. The molecule has 0 saturated carbocycles. The van der Waals surface area contributed by atoms with E-state index in [9.17, 15) is 5.11 Å². The summed E-state index contributed by atoms with van der Waals surface area (Å²) in [5, 5.41) is 18.3. The summed E-state index contributed by atoms with van der Waals surface area (Å²) >= 11 is 0. The van der Waals surface area contributed by atoms with E-state index in [1.807, 2.05) is 0 Å². The number of hydrogen-bond acceptors (Lipinski definition) is 2. The maximum absolute atomic E-state index is 9.55. The molecule has 92 valence electrons. The van der Waals surface area contributed by atoms with E-state index in [-0.39, 0.29) is 5.41 Å². The third kappa shape index (κ3) is 6.16. The van der Waals surface area contributed by atoms with Crippen LogP contribution in [0.5, 0.6) is 0 Å². The average molecular weight is 216 g/mol. The fourth-order valence-corrected chi connectivity index (χ4v) is 2.46. The molecule has 15 heavy (non-hydrogen) atoms. The Hall–Kier alpha value is -0.0800. The van der Waals surface area contributed by atoms with Crippen molar-refractivity contribution in [3.63, 3.8) is 0 Å². The van der Waals surface area contributed by atoms with E-state index in [0.717, 1.165) is 51.4 Å². The van der Waals surface area contributed by atoms with Crippen molar-refractivity contribution >= 4 is 0 Å². The summed E-state index contributed by atoms with van der Waals surface area (Å²) < 4.78 is 0. The van der Waals surface area contributed by atoms with Crippen LogP contribution < -0.4 is 0 Å². The van der Waals surface area contributed by atoms with Gasteiger partial charge in [0.25, 0.3) is 0 Å². The first-order valence-electron chi connectivity index (χ1n) is 6.46. The molecule has 0 spiro atoms. The van der Waals surface area contributed by atoms with Gasteiger partial charge in [0.05, 0.1) is 0 Å². The molecule has 0 amide bonds. The highest BCUT2D eigenvalue weighted by atomic mass is 16.3. The van der Waals surface area contributed by atoms with Crippen LogP contribution in [0.25, 0.3) is 0 Å². The first kappa shape index (κ1) is 14.9. The topological polar surface area (TPSA) is 40.5 Å². The van der Waals surface area contributed by atoms with Crippen LogP contribution in [0, 0.1) is 5.41 Å². The van der Waals surface area contributed by atoms with E-state index in [2.05, 4.69) is 13.8 Å². The number of rotatable bonds is 10. The predicted octanol–water partition coefficient (Wildman–Crippen LogP) is 3.12. The number of unbranched alkanes of at least 4 members (excludes halogenated alkanes) is 2. The van der Waals surface area contributed by atoms with E-state index < -0.39 is 0 Å². The maximum atomic E-state index is 9.55. The minimum atomic E-state index is 0.166. The number of aliphatic hydroxyl groups excluding tert-OH is 2. The number of hydrogen-bond donors (Lipinski definition) is 2. The quantitative estimate of drug-likeness (QED) is 0.551. The zero-order chi connectivity index (χ0) is 11.6. The lowest BCUT2D eigenvalue weighted by atomic mass is 9.76.